The van der Waals surface area contributed by atoms with Crippen molar-refractivity contribution in [2.45, 2.75) is 72.3 Å². The lowest BCUT2D eigenvalue weighted by Crippen LogP contribution is -2.46. The lowest BCUT2D eigenvalue weighted by molar-refractivity contribution is 0.0696. The molecule has 0 spiro atoms. The average molecular weight is 489 g/mol. The third-order valence-electron chi connectivity index (χ3n) is 5.91. The van der Waals surface area contributed by atoms with Gasteiger partial charge in [0.1, 0.15) is 11.5 Å². The fourth-order valence-corrected chi connectivity index (χ4v) is 6.50. The van der Waals surface area contributed by atoms with E-state index in [9.17, 15) is 0 Å². The molecule has 5 nitrogen and oxygen atoms in total. The third-order valence-corrected chi connectivity index (χ3v) is 9.06. The molecule has 0 heterocycles. The molecule has 0 aliphatic rings. The van der Waals surface area contributed by atoms with Crippen LogP contribution in [0.15, 0.2) is 48.5 Å². The van der Waals surface area contributed by atoms with Crippen LogP contribution < -0.4 is 9.47 Å². The van der Waals surface area contributed by atoms with E-state index in [1.54, 1.807) is 0 Å². The van der Waals surface area contributed by atoms with Crippen LogP contribution in [-0.4, -0.2) is 41.8 Å². The highest BCUT2D eigenvalue weighted by molar-refractivity contribution is 6.60. The maximum atomic E-state index is 6.01. The van der Waals surface area contributed by atoms with E-state index in [2.05, 4.69) is 69.3 Å². The van der Waals surface area contributed by atoms with E-state index in [0.717, 1.165) is 43.4 Å². The monoisotopic (exact) mass is 488 g/mol. The van der Waals surface area contributed by atoms with E-state index >= 15 is 0 Å². The van der Waals surface area contributed by atoms with Crippen LogP contribution in [0.4, 0.5) is 0 Å². The maximum Gasteiger partial charge on any atom is 0.501 e. The predicted octanol–water partition coefficient (Wildman–Crippen LogP) is 7.01. The van der Waals surface area contributed by atoms with Crippen molar-refractivity contribution >= 4 is 8.80 Å². The van der Waals surface area contributed by atoms with Crippen molar-refractivity contribution in [1.82, 2.24) is 0 Å². The van der Waals surface area contributed by atoms with Crippen molar-refractivity contribution in [3.63, 3.8) is 0 Å². The van der Waals surface area contributed by atoms with Gasteiger partial charge in [-0.3, -0.25) is 0 Å². The van der Waals surface area contributed by atoms with Crippen LogP contribution in [0.1, 0.15) is 71.9 Å². The highest BCUT2D eigenvalue weighted by Crippen LogP contribution is 2.33. The smallest absolute Gasteiger partial charge is 0.494 e. The summed E-state index contributed by atoms with van der Waals surface area (Å²) < 4.78 is 29.6. The summed E-state index contributed by atoms with van der Waals surface area (Å²) in [4.78, 5) is 0. The minimum atomic E-state index is -2.61. The third kappa shape index (κ3) is 8.42. The Hall–Kier alpha value is -1.86. The van der Waals surface area contributed by atoms with Crippen molar-refractivity contribution in [3.05, 3.63) is 59.7 Å². The van der Waals surface area contributed by atoms with Crippen molar-refractivity contribution in [2.24, 2.45) is 0 Å². The first-order chi connectivity index (χ1) is 16.4. The number of ether oxygens (including phenoxy) is 2. The molecule has 0 saturated heterocycles. The predicted molar refractivity (Wildman–Crippen MR) is 141 cm³/mol. The van der Waals surface area contributed by atoms with Gasteiger partial charge in [0.15, 0.2) is 0 Å². The van der Waals surface area contributed by atoms with Crippen LogP contribution in [0.3, 0.4) is 0 Å². The highest BCUT2D eigenvalue weighted by atomic mass is 28.4. The summed E-state index contributed by atoms with van der Waals surface area (Å²) in [5.74, 6) is 1.80. The van der Waals surface area contributed by atoms with Crippen molar-refractivity contribution < 1.29 is 22.8 Å². The van der Waals surface area contributed by atoms with Crippen LogP contribution in [0.5, 0.6) is 11.5 Å². The molecule has 0 unspecified atom stereocenters. The summed E-state index contributed by atoms with van der Waals surface area (Å²) in [5.41, 5.74) is 2.39. The Morgan fingerprint density at radius 3 is 1.41 bits per heavy atom. The SMILES string of the molecule is CCCCOc1ccc(C(C)(C)c2ccc(OCCC[Si](OCC)(OCC)OCC)cc2)cc1. The van der Waals surface area contributed by atoms with Gasteiger partial charge >= 0.3 is 8.80 Å². The number of hydrogen-bond acceptors (Lipinski definition) is 5. The molecule has 2 aromatic rings. The van der Waals surface area contributed by atoms with Crippen LogP contribution in [0.25, 0.3) is 0 Å². The van der Waals surface area contributed by atoms with Gasteiger partial charge in [-0.2, -0.15) is 0 Å². The van der Waals surface area contributed by atoms with E-state index in [4.69, 9.17) is 22.8 Å². The minimum absolute atomic E-state index is 0.113. The second-order valence-corrected chi connectivity index (χ2v) is 11.5. The first kappa shape index (κ1) is 28.4. The molecule has 0 radical (unpaired) electrons. The Kier molecular flexibility index (Phi) is 12.1. The minimum Gasteiger partial charge on any atom is -0.494 e. The maximum absolute atomic E-state index is 6.01. The molecular weight excluding hydrogens is 444 g/mol. The first-order valence-corrected chi connectivity index (χ1v) is 14.7. The molecule has 0 bridgehead atoms. The number of hydrogen-bond donors (Lipinski definition) is 0. The molecule has 34 heavy (non-hydrogen) atoms. The number of rotatable bonds is 17. The number of benzene rings is 2. The molecule has 0 aliphatic heterocycles. The van der Waals surface area contributed by atoms with E-state index in [-0.39, 0.29) is 5.41 Å². The second-order valence-electron chi connectivity index (χ2n) is 8.81. The summed E-state index contributed by atoms with van der Waals surface area (Å²) in [6, 6.07) is 17.6. The molecule has 2 rings (SSSR count). The zero-order chi connectivity index (χ0) is 24.9. The summed E-state index contributed by atoms with van der Waals surface area (Å²) >= 11 is 0. The molecule has 0 fully saturated rings. The largest absolute Gasteiger partial charge is 0.501 e. The Labute approximate surface area is 208 Å². The van der Waals surface area contributed by atoms with Gasteiger partial charge in [0.05, 0.1) is 13.2 Å². The molecule has 2 aromatic carbocycles. The fourth-order valence-electron chi connectivity index (χ4n) is 3.92. The van der Waals surface area contributed by atoms with Crippen LogP contribution >= 0.6 is 0 Å². The van der Waals surface area contributed by atoms with Crippen LogP contribution in [0.2, 0.25) is 6.04 Å². The lowest BCUT2D eigenvalue weighted by atomic mass is 9.78. The highest BCUT2D eigenvalue weighted by Gasteiger charge is 2.39. The quantitative estimate of drug-likeness (QED) is 0.177. The van der Waals surface area contributed by atoms with Crippen LogP contribution in [-0.2, 0) is 18.7 Å². The molecule has 0 aromatic heterocycles. The van der Waals surface area contributed by atoms with Gasteiger partial charge in [-0.05, 0) is 69.0 Å². The van der Waals surface area contributed by atoms with Crippen LogP contribution in [0, 0.1) is 0 Å². The second kappa shape index (κ2) is 14.5. The van der Waals surface area contributed by atoms with Gasteiger partial charge in [0.25, 0.3) is 0 Å². The van der Waals surface area contributed by atoms with Gasteiger partial charge in [-0.25, -0.2) is 0 Å². The molecule has 190 valence electrons. The van der Waals surface area contributed by atoms with E-state index in [1.807, 2.05) is 20.8 Å². The standard InChI is InChI=1S/C28H44O5Si/c1-7-11-21-29-26-17-13-24(14-18-26)28(5,6)25-15-19-27(20-16-25)30-22-12-23-34(31-8-2,32-9-3)33-10-4/h13-20H,7-12,21-23H2,1-6H3. The van der Waals surface area contributed by atoms with Gasteiger partial charge < -0.3 is 22.8 Å². The van der Waals surface area contributed by atoms with Crippen molar-refractivity contribution in [1.29, 1.82) is 0 Å². The fraction of sp³-hybridized carbons (Fsp3) is 0.571. The van der Waals surface area contributed by atoms with E-state index in [1.165, 1.54) is 11.1 Å². The molecule has 0 saturated carbocycles. The Bertz CT molecular complexity index is 788. The molecule has 0 amide bonds. The van der Waals surface area contributed by atoms with Crippen molar-refractivity contribution in [3.8, 4) is 11.5 Å². The van der Waals surface area contributed by atoms with E-state index < -0.39 is 8.80 Å². The zero-order valence-electron chi connectivity index (χ0n) is 22.0. The van der Waals surface area contributed by atoms with Gasteiger partial charge in [-0.15, -0.1) is 0 Å². The molecule has 6 heteroatoms. The Balaban J connectivity index is 1.92. The molecule has 0 aliphatic carbocycles. The average Bonchev–Trinajstić information content (AvgIpc) is 2.83. The number of unbranched alkanes of at least 4 members (excludes halogenated alkanes) is 1. The van der Waals surface area contributed by atoms with Gasteiger partial charge in [-0.1, -0.05) is 51.5 Å². The Morgan fingerprint density at radius 2 is 1.03 bits per heavy atom. The molecular formula is C28H44O5Si. The summed E-state index contributed by atoms with van der Waals surface area (Å²) in [6.07, 6.45) is 3.04. The Morgan fingerprint density at radius 1 is 0.618 bits per heavy atom. The summed E-state index contributed by atoms with van der Waals surface area (Å²) in [6.45, 7) is 15.8. The molecule has 0 atom stereocenters. The van der Waals surface area contributed by atoms with Crippen molar-refractivity contribution in [2.75, 3.05) is 33.0 Å². The lowest BCUT2D eigenvalue weighted by Gasteiger charge is -2.28. The normalized spacial score (nSPS) is 12.1. The van der Waals surface area contributed by atoms with E-state index in [0.29, 0.717) is 26.4 Å². The topological polar surface area (TPSA) is 46.2 Å². The summed E-state index contributed by atoms with van der Waals surface area (Å²) in [5, 5.41) is 0. The zero-order valence-corrected chi connectivity index (χ0v) is 23.0. The summed E-state index contributed by atoms with van der Waals surface area (Å²) in [7, 11) is -2.61. The van der Waals surface area contributed by atoms with Gasteiger partial charge in [0.2, 0.25) is 0 Å². The molecule has 0 N–H and O–H groups in total. The van der Waals surface area contributed by atoms with Gasteiger partial charge in [0, 0.05) is 31.3 Å². The first-order valence-electron chi connectivity index (χ1n) is 12.8.